The number of methoxy groups -OCH3 is 1. The molecule has 0 saturated carbocycles. The van der Waals surface area contributed by atoms with Gasteiger partial charge in [0.1, 0.15) is 11.8 Å². The molecule has 1 saturated heterocycles. The minimum absolute atomic E-state index is 0.00322. The first-order valence-corrected chi connectivity index (χ1v) is 13.4. The number of nitrogens with one attached hydrogen (secondary N) is 1. The van der Waals surface area contributed by atoms with Gasteiger partial charge in [0.05, 0.1) is 7.11 Å². The molecule has 1 atom stereocenters. The fraction of sp³-hybridized carbons (Fsp3) is 0.524. The molecule has 0 spiro atoms. The Labute approximate surface area is 163 Å². The van der Waals surface area contributed by atoms with Crippen LogP contribution in [0.5, 0.6) is 5.75 Å². The van der Waals surface area contributed by atoms with Crippen LogP contribution in [-0.4, -0.2) is 44.5 Å². The van der Waals surface area contributed by atoms with Gasteiger partial charge < -0.3 is 15.0 Å². The average Bonchev–Trinajstić information content (AvgIpc) is 2.63. The summed E-state index contributed by atoms with van der Waals surface area (Å²) in [6, 6.07) is 8.45. The molecule has 1 heterocycles. The summed E-state index contributed by atoms with van der Waals surface area (Å²) in [7, 11) is 0.495. The Hall–Kier alpha value is -2.08. The lowest BCUT2D eigenvalue weighted by atomic mass is 10.0. The lowest BCUT2D eigenvalue weighted by Gasteiger charge is -2.29. The van der Waals surface area contributed by atoms with E-state index in [1.54, 1.807) is 7.11 Å². The molecule has 1 aliphatic heterocycles. The van der Waals surface area contributed by atoms with E-state index in [0.717, 1.165) is 23.8 Å². The van der Waals surface area contributed by atoms with Gasteiger partial charge in [-0.1, -0.05) is 43.9 Å². The van der Waals surface area contributed by atoms with Gasteiger partial charge in [0.25, 0.3) is 0 Å². The first kappa shape index (κ1) is 21.2. The normalized spacial score (nSPS) is 17.6. The molecule has 1 unspecified atom stereocenters. The van der Waals surface area contributed by atoms with Crippen LogP contribution in [0.4, 0.5) is 0 Å². The number of benzene rings is 1. The van der Waals surface area contributed by atoms with Gasteiger partial charge in [-0.3, -0.25) is 9.59 Å². The molecule has 0 bridgehead atoms. The van der Waals surface area contributed by atoms with Crippen LogP contribution in [0.2, 0.25) is 25.7 Å². The summed E-state index contributed by atoms with van der Waals surface area (Å²) < 4.78 is 5.20. The van der Waals surface area contributed by atoms with Crippen LogP contribution in [0.1, 0.15) is 24.8 Å². The minimum Gasteiger partial charge on any atom is -0.497 e. The highest BCUT2D eigenvalue weighted by atomic mass is 28.3. The predicted molar refractivity (Wildman–Crippen MR) is 111 cm³/mol. The SMILES string of the molecule is COc1ccc(CN(CC=CC[Si](C)(C)C)C(=O)C2CCCC(=O)N2)cc1. The van der Waals surface area contributed by atoms with Gasteiger partial charge in [-0.2, -0.15) is 0 Å². The fourth-order valence-electron chi connectivity index (χ4n) is 3.03. The Morgan fingerprint density at radius 3 is 2.56 bits per heavy atom. The monoisotopic (exact) mass is 388 g/mol. The molecule has 0 aliphatic carbocycles. The summed E-state index contributed by atoms with van der Waals surface area (Å²) in [6.07, 6.45) is 6.27. The van der Waals surface area contributed by atoms with Crippen molar-refractivity contribution >= 4 is 19.9 Å². The summed E-state index contributed by atoms with van der Waals surface area (Å²) in [5.41, 5.74) is 1.05. The van der Waals surface area contributed by atoms with Crippen molar-refractivity contribution in [2.75, 3.05) is 13.7 Å². The van der Waals surface area contributed by atoms with Gasteiger partial charge in [-0.25, -0.2) is 0 Å². The molecule has 1 N–H and O–H groups in total. The summed E-state index contributed by atoms with van der Waals surface area (Å²) >= 11 is 0. The zero-order chi connectivity index (χ0) is 19.9. The molecule has 1 aromatic carbocycles. The van der Waals surface area contributed by atoms with Gasteiger partial charge in [-0.15, -0.1) is 0 Å². The molecule has 1 fully saturated rings. The third kappa shape index (κ3) is 7.21. The van der Waals surface area contributed by atoms with Crippen LogP contribution in [0, 0.1) is 0 Å². The Kier molecular flexibility index (Phi) is 7.65. The third-order valence-electron chi connectivity index (χ3n) is 4.60. The van der Waals surface area contributed by atoms with Gasteiger partial charge in [-0.05, 0) is 36.6 Å². The number of piperidine rings is 1. The van der Waals surface area contributed by atoms with E-state index in [2.05, 4.69) is 37.1 Å². The Morgan fingerprint density at radius 2 is 1.96 bits per heavy atom. The molecule has 0 aromatic heterocycles. The number of carbonyl (C=O) groups excluding carboxylic acids is 2. The van der Waals surface area contributed by atoms with E-state index >= 15 is 0 Å². The summed E-state index contributed by atoms with van der Waals surface area (Å²) in [5, 5.41) is 2.85. The molecule has 27 heavy (non-hydrogen) atoms. The molecule has 6 heteroatoms. The van der Waals surface area contributed by atoms with Gasteiger partial charge in [0.15, 0.2) is 0 Å². The minimum atomic E-state index is -1.14. The van der Waals surface area contributed by atoms with E-state index in [4.69, 9.17) is 4.74 Å². The molecule has 1 aliphatic rings. The van der Waals surface area contributed by atoms with Crippen molar-refractivity contribution in [1.82, 2.24) is 10.2 Å². The largest absolute Gasteiger partial charge is 0.497 e. The second-order valence-corrected chi connectivity index (χ2v) is 13.8. The molecule has 2 rings (SSSR count). The number of ether oxygens (including phenoxy) is 1. The van der Waals surface area contributed by atoms with Crippen LogP contribution in [0.25, 0.3) is 0 Å². The van der Waals surface area contributed by atoms with Crippen LogP contribution < -0.4 is 10.1 Å². The van der Waals surface area contributed by atoms with E-state index in [-0.39, 0.29) is 11.8 Å². The number of amides is 2. The van der Waals surface area contributed by atoms with Crippen LogP contribution in [0.15, 0.2) is 36.4 Å². The molecule has 2 amide bonds. The summed E-state index contributed by atoms with van der Waals surface area (Å²) in [6.45, 7) is 8.06. The maximum Gasteiger partial charge on any atom is 0.245 e. The van der Waals surface area contributed by atoms with Crippen LogP contribution >= 0.6 is 0 Å². The van der Waals surface area contributed by atoms with Crippen LogP contribution in [-0.2, 0) is 16.1 Å². The fourth-order valence-corrected chi connectivity index (χ4v) is 3.91. The first-order chi connectivity index (χ1) is 12.8. The van der Waals surface area contributed by atoms with Crippen molar-refractivity contribution < 1.29 is 14.3 Å². The van der Waals surface area contributed by atoms with Crippen molar-refractivity contribution in [3.8, 4) is 5.75 Å². The topological polar surface area (TPSA) is 58.6 Å². The van der Waals surface area contributed by atoms with Gasteiger partial charge in [0.2, 0.25) is 11.8 Å². The van der Waals surface area contributed by atoms with Gasteiger partial charge >= 0.3 is 0 Å². The van der Waals surface area contributed by atoms with E-state index < -0.39 is 14.1 Å². The van der Waals surface area contributed by atoms with Crippen molar-refractivity contribution in [3.63, 3.8) is 0 Å². The zero-order valence-corrected chi connectivity index (χ0v) is 18.0. The zero-order valence-electron chi connectivity index (χ0n) is 17.0. The standard InChI is InChI=1S/C21H32N2O3Si/c1-26-18-12-10-17(11-13-18)16-23(14-5-6-15-27(2,3)4)21(25)19-8-7-9-20(24)22-19/h5-6,10-13,19H,7-9,14-16H2,1-4H3,(H,22,24). The Bertz CT molecular complexity index is 665. The van der Waals surface area contributed by atoms with Crippen molar-refractivity contribution in [3.05, 3.63) is 42.0 Å². The van der Waals surface area contributed by atoms with Crippen LogP contribution in [0.3, 0.4) is 0 Å². The number of rotatable bonds is 8. The summed E-state index contributed by atoms with van der Waals surface area (Å²) in [4.78, 5) is 26.6. The van der Waals surface area contributed by atoms with Gasteiger partial charge in [0, 0.05) is 27.6 Å². The number of nitrogens with zero attached hydrogens (tertiary/aromatic N) is 1. The number of hydrogen-bond donors (Lipinski definition) is 1. The average molecular weight is 389 g/mol. The highest BCUT2D eigenvalue weighted by Gasteiger charge is 2.28. The first-order valence-electron chi connectivity index (χ1n) is 9.64. The second-order valence-electron chi connectivity index (χ2n) is 8.32. The second kappa shape index (κ2) is 9.74. The molecule has 0 radical (unpaired) electrons. The quantitative estimate of drug-likeness (QED) is 0.547. The molecular formula is C21H32N2O3Si. The Morgan fingerprint density at radius 1 is 1.26 bits per heavy atom. The highest BCUT2D eigenvalue weighted by Crippen LogP contribution is 2.16. The lowest BCUT2D eigenvalue weighted by molar-refractivity contribution is -0.138. The van der Waals surface area contributed by atoms with E-state index in [1.165, 1.54) is 0 Å². The molecule has 5 nitrogen and oxygen atoms in total. The maximum atomic E-state index is 13.0. The van der Waals surface area contributed by atoms with Crippen molar-refractivity contribution in [2.45, 2.75) is 57.5 Å². The lowest BCUT2D eigenvalue weighted by Crippen LogP contribution is -2.50. The van der Waals surface area contributed by atoms with E-state index in [1.807, 2.05) is 29.2 Å². The van der Waals surface area contributed by atoms with E-state index in [9.17, 15) is 9.59 Å². The molecular weight excluding hydrogens is 356 g/mol. The maximum absolute atomic E-state index is 13.0. The molecule has 1 aromatic rings. The van der Waals surface area contributed by atoms with Crippen molar-refractivity contribution in [1.29, 1.82) is 0 Å². The Balaban J connectivity index is 2.08. The smallest absolute Gasteiger partial charge is 0.245 e. The number of allylic oxidation sites excluding steroid dienone is 1. The summed E-state index contributed by atoms with van der Waals surface area (Å²) in [5.74, 6) is 0.765. The number of hydrogen-bond acceptors (Lipinski definition) is 3. The number of carbonyl (C=O) groups is 2. The predicted octanol–water partition coefficient (Wildman–Crippen LogP) is 3.59. The van der Waals surface area contributed by atoms with E-state index in [0.29, 0.717) is 25.9 Å². The molecule has 148 valence electrons. The highest BCUT2D eigenvalue weighted by molar-refractivity contribution is 6.76. The third-order valence-corrected chi connectivity index (χ3v) is 6.06. The van der Waals surface area contributed by atoms with Crippen molar-refractivity contribution in [2.24, 2.45) is 0 Å².